The Morgan fingerprint density at radius 3 is 2.53 bits per heavy atom. The molecule has 1 fully saturated rings. The van der Waals surface area contributed by atoms with Gasteiger partial charge in [0.15, 0.2) is 27.2 Å². The highest BCUT2D eigenvalue weighted by molar-refractivity contribution is 7.90. The first-order chi connectivity index (χ1) is 18.3. The summed E-state index contributed by atoms with van der Waals surface area (Å²) in [7, 11) is -3.89. The molecule has 0 aliphatic carbocycles. The largest absolute Gasteiger partial charge is 0.435 e. The lowest BCUT2D eigenvalue weighted by atomic mass is 10.1. The van der Waals surface area contributed by atoms with Crippen molar-refractivity contribution in [2.75, 3.05) is 32.1 Å². The van der Waals surface area contributed by atoms with E-state index in [4.69, 9.17) is 13.9 Å². The van der Waals surface area contributed by atoms with Gasteiger partial charge >= 0.3 is 6.09 Å². The molecule has 1 aliphatic rings. The van der Waals surface area contributed by atoms with E-state index in [0.717, 1.165) is 0 Å². The van der Waals surface area contributed by atoms with Crippen LogP contribution < -0.4 is 5.32 Å². The molecule has 0 saturated carbocycles. The summed E-state index contributed by atoms with van der Waals surface area (Å²) < 4.78 is 42.0. The van der Waals surface area contributed by atoms with Crippen LogP contribution >= 0.6 is 0 Å². The average molecular weight is 545 g/mol. The van der Waals surface area contributed by atoms with E-state index in [-0.39, 0.29) is 36.8 Å². The molecule has 2 amide bonds. The van der Waals surface area contributed by atoms with Crippen molar-refractivity contribution in [3.63, 3.8) is 0 Å². The van der Waals surface area contributed by atoms with Crippen LogP contribution in [0.5, 0.6) is 0 Å². The number of fused-ring (bicyclic) bond motifs is 1. The maximum atomic E-state index is 13.3. The van der Waals surface area contributed by atoms with Crippen molar-refractivity contribution in [3.8, 4) is 0 Å². The minimum absolute atomic E-state index is 0.150. The Bertz CT molecular complexity index is 1350. The smallest absolute Gasteiger partial charge is 0.410 e. The number of hydrogen-bond donors (Lipinski definition) is 1. The molecule has 1 saturated heterocycles. The van der Waals surface area contributed by atoms with Gasteiger partial charge in [0, 0.05) is 19.3 Å². The van der Waals surface area contributed by atoms with E-state index in [9.17, 15) is 22.8 Å². The van der Waals surface area contributed by atoms with Gasteiger partial charge < -0.3 is 24.1 Å². The van der Waals surface area contributed by atoms with Crippen LogP contribution in [0.25, 0.3) is 11.2 Å². The molecule has 2 aromatic heterocycles. The van der Waals surface area contributed by atoms with E-state index >= 15 is 0 Å². The predicted molar refractivity (Wildman–Crippen MR) is 135 cm³/mol. The summed E-state index contributed by atoms with van der Waals surface area (Å²) >= 11 is 0. The summed E-state index contributed by atoms with van der Waals surface area (Å²) in [5, 5.41) is 2.51. The van der Waals surface area contributed by atoms with Crippen LogP contribution in [-0.2, 0) is 29.9 Å². The number of ketones is 1. The molecule has 1 N–H and O–H groups in total. The van der Waals surface area contributed by atoms with Crippen molar-refractivity contribution in [1.82, 2.24) is 20.2 Å². The van der Waals surface area contributed by atoms with Gasteiger partial charge in [-0.1, -0.05) is 37.3 Å². The van der Waals surface area contributed by atoms with Gasteiger partial charge in [0.2, 0.25) is 5.78 Å². The highest BCUT2D eigenvalue weighted by atomic mass is 32.2. The molecular weight excluding hydrogens is 516 g/mol. The number of amides is 2. The summed E-state index contributed by atoms with van der Waals surface area (Å²) in [4.78, 5) is 48.5. The minimum Gasteiger partial charge on any atom is -0.435 e. The number of carbonyl (C=O) groups excluding carboxylic acids is 3. The Labute approximate surface area is 219 Å². The quantitative estimate of drug-likeness (QED) is 0.373. The molecule has 38 heavy (non-hydrogen) atoms. The normalized spacial score (nSPS) is 15.6. The molecule has 13 heteroatoms. The second-order valence-corrected chi connectivity index (χ2v) is 10.8. The molecule has 0 unspecified atom stereocenters. The number of ether oxygens (including phenoxy) is 2. The van der Waals surface area contributed by atoms with E-state index in [1.807, 2.05) is 0 Å². The third-order valence-corrected chi connectivity index (χ3v) is 7.44. The SMILES string of the molecule is CC[C@H](NC(=O)[C@H](CS(=O)(=O)Cc1ccccc1)OC(=O)N1CCOCC1)C(=O)c1nc2ncccc2o1. The first-order valence-electron chi connectivity index (χ1n) is 12.1. The third kappa shape index (κ3) is 6.92. The summed E-state index contributed by atoms with van der Waals surface area (Å²) in [6.07, 6.45) is -0.877. The number of sulfone groups is 1. The van der Waals surface area contributed by atoms with Crippen LogP contribution in [0.3, 0.4) is 0 Å². The van der Waals surface area contributed by atoms with Crippen molar-refractivity contribution in [1.29, 1.82) is 0 Å². The number of pyridine rings is 1. The monoisotopic (exact) mass is 544 g/mol. The highest BCUT2D eigenvalue weighted by Crippen LogP contribution is 2.16. The van der Waals surface area contributed by atoms with Crippen LogP contribution in [0.1, 0.15) is 29.6 Å². The van der Waals surface area contributed by atoms with Crippen LogP contribution in [-0.4, -0.2) is 85.3 Å². The lowest BCUT2D eigenvalue weighted by molar-refractivity contribution is -0.129. The molecule has 12 nitrogen and oxygen atoms in total. The molecule has 1 aromatic carbocycles. The molecule has 202 valence electrons. The Balaban J connectivity index is 1.51. The zero-order chi connectivity index (χ0) is 27.1. The number of Topliss-reactive ketones (excluding diaryl/α,β-unsaturated/α-hetero) is 1. The fourth-order valence-corrected chi connectivity index (χ4v) is 5.36. The highest BCUT2D eigenvalue weighted by Gasteiger charge is 2.34. The second-order valence-electron chi connectivity index (χ2n) is 8.69. The average Bonchev–Trinajstić information content (AvgIpc) is 3.36. The van der Waals surface area contributed by atoms with Gasteiger partial charge in [-0.15, -0.1) is 0 Å². The molecule has 2 atom stereocenters. The predicted octanol–water partition coefficient (Wildman–Crippen LogP) is 1.75. The number of nitrogens with zero attached hydrogens (tertiary/aromatic N) is 3. The molecule has 3 heterocycles. The van der Waals surface area contributed by atoms with Crippen molar-refractivity contribution >= 4 is 38.9 Å². The topological polar surface area (TPSA) is 158 Å². The van der Waals surface area contributed by atoms with Crippen molar-refractivity contribution in [2.45, 2.75) is 31.2 Å². The van der Waals surface area contributed by atoms with Crippen LogP contribution in [0.15, 0.2) is 53.1 Å². The zero-order valence-corrected chi connectivity index (χ0v) is 21.6. The number of morpholine rings is 1. The molecule has 0 spiro atoms. The summed E-state index contributed by atoms with van der Waals surface area (Å²) in [6.45, 7) is 2.73. The Morgan fingerprint density at radius 2 is 1.84 bits per heavy atom. The van der Waals surface area contributed by atoms with Gasteiger partial charge in [0.1, 0.15) is 0 Å². The zero-order valence-electron chi connectivity index (χ0n) is 20.7. The third-order valence-electron chi connectivity index (χ3n) is 5.86. The molecule has 4 rings (SSSR count). The van der Waals surface area contributed by atoms with Crippen molar-refractivity contribution < 1.29 is 36.7 Å². The fourth-order valence-electron chi connectivity index (χ4n) is 3.86. The van der Waals surface area contributed by atoms with E-state index in [1.54, 1.807) is 49.4 Å². The molecule has 3 aromatic rings. The van der Waals surface area contributed by atoms with Gasteiger partial charge in [-0.3, -0.25) is 9.59 Å². The maximum absolute atomic E-state index is 13.3. The Morgan fingerprint density at radius 1 is 1.11 bits per heavy atom. The number of oxazole rings is 1. The van der Waals surface area contributed by atoms with Gasteiger partial charge in [-0.05, 0) is 24.1 Å². The van der Waals surface area contributed by atoms with Crippen molar-refractivity contribution in [3.05, 3.63) is 60.1 Å². The molecule has 0 radical (unpaired) electrons. The van der Waals surface area contributed by atoms with E-state index in [2.05, 4.69) is 15.3 Å². The van der Waals surface area contributed by atoms with E-state index < -0.39 is 45.5 Å². The number of aromatic nitrogens is 2. The van der Waals surface area contributed by atoms with E-state index in [1.165, 1.54) is 11.1 Å². The Kier molecular flexibility index (Phi) is 8.69. The van der Waals surface area contributed by atoms with Crippen LogP contribution in [0, 0.1) is 0 Å². The second kappa shape index (κ2) is 12.1. The van der Waals surface area contributed by atoms with Gasteiger partial charge in [-0.2, -0.15) is 4.98 Å². The van der Waals surface area contributed by atoms with E-state index in [0.29, 0.717) is 24.4 Å². The van der Waals surface area contributed by atoms with Gasteiger partial charge in [-0.25, -0.2) is 18.2 Å². The lowest BCUT2D eigenvalue weighted by Gasteiger charge is -2.28. The lowest BCUT2D eigenvalue weighted by Crippen LogP contribution is -2.51. The number of nitrogens with one attached hydrogen (secondary N) is 1. The van der Waals surface area contributed by atoms with Crippen LogP contribution in [0.2, 0.25) is 0 Å². The number of hydrogen-bond acceptors (Lipinski definition) is 10. The first-order valence-corrected chi connectivity index (χ1v) is 13.9. The molecule has 1 aliphatic heterocycles. The Hall–Kier alpha value is -3.84. The number of rotatable bonds is 10. The molecular formula is C25H28N4O8S. The van der Waals surface area contributed by atoms with Gasteiger partial charge in [0.25, 0.3) is 11.8 Å². The first kappa shape index (κ1) is 27.2. The molecule has 0 bridgehead atoms. The van der Waals surface area contributed by atoms with Crippen molar-refractivity contribution in [2.24, 2.45) is 0 Å². The summed E-state index contributed by atoms with van der Waals surface area (Å²) in [6, 6.07) is 10.6. The number of carbonyl (C=O) groups is 3. The summed E-state index contributed by atoms with van der Waals surface area (Å²) in [5.41, 5.74) is 1.07. The fraction of sp³-hybridized carbons (Fsp3) is 0.400. The standard InChI is InChI=1S/C25H28N4O8S/c1-2-18(21(30)24-28-22-19(36-24)9-6-10-26-22)27-23(31)20(37-25(32)29-11-13-35-14-12-29)16-38(33,34)15-17-7-4-3-5-8-17/h3-10,18,20H,2,11-16H2,1H3,(H,27,31)/t18-,20-/m0/s1. The number of benzene rings is 1. The van der Waals surface area contributed by atoms with Gasteiger partial charge in [0.05, 0.1) is 30.8 Å². The summed E-state index contributed by atoms with van der Waals surface area (Å²) in [5.74, 6) is -2.90. The minimum atomic E-state index is -3.89. The van der Waals surface area contributed by atoms with Crippen LogP contribution in [0.4, 0.5) is 4.79 Å². The maximum Gasteiger partial charge on any atom is 0.410 e.